The number of alkyl halides is 1. The van der Waals surface area contributed by atoms with Crippen molar-refractivity contribution in [3.63, 3.8) is 0 Å². The summed E-state index contributed by atoms with van der Waals surface area (Å²) >= 11 is 0. The summed E-state index contributed by atoms with van der Waals surface area (Å²) < 4.78 is 21.8. The molecular weight excluding hydrogens is 425 g/mol. The molecule has 9 heteroatoms. The Morgan fingerprint density at radius 2 is 2.18 bits per heavy atom. The molecule has 172 valence electrons. The third-order valence-electron chi connectivity index (χ3n) is 6.80. The van der Waals surface area contributed by atoms with Gasteiger partial charge in [0.2, 0.25) is 0 Å². The van der Waals surface area contributed by atoms with Gasteiger partial charge in [0.05, 0.1) is 48.0 Å². The molecule has 0 bridgehead atoms. The van der Waals surface area contributed by atoms with Crippen LogP contribution < -0.4 is 20.7 Å². The van der Waals surface area contributed by atoms with Crippen molar-refractivity contribution in [3.05, 3.63) is 53.3 Å². The van der Waals surface area contributed by atoms with Crippen LogP contribution in [0, 0.1) is 0 Å². The van der Waals surface area contributed by atoms with Crippen LogP contribution in [0.5, 0.6) is 5.75 Å². The van der Waals surface area contributed by atoms with Crippen molar-refractivity contribution in [1.82, 2.24) is 9.61 Å². The number of nitrogens with zero attached hydrogens (tertiary/aromatic N) is 3. The van der Waals surface area contributed by atoms with E-state index >= 15 is 0 Å². The molecule has 3 heterocycles. The molecule has 0 saturated heterocycles. The molecule has 2 aromatic heterocycles. The van der Waals surface area contributed by atoms with E-state index in [-0.39, 0.29) is 11.5 Å². The Balaban J connectivity index is 1.54. The zero-order chi connectivity index (χ0) is 23.3. The van der Waals surface area contributed by atoms with Gasteiger partial charge in [-0.2, -0.15) is 5.10 Å². The highest BCUT2D eigenvalue weighted by atomic mass is 19.1. The van der Waals surface area contributed by atoms with E-state index in [1.54, 1.807) is 47.8 Å². The van der Waals surface area contributed by atoms with Crippen LogP contribution in [0.2, 0.25) is 0 Å². The molecule has 33 heavy (non-hydrogen) atoms. The highest BCUT2D eigenvalue weighted by Crippen LogP contribution is 2.38. The van der Waals surface area contributed by atoms with Gasteiger partial charge >= 0.3 is 0 Å². The van der Waals surface area contributed by atoms with Crippen LogP contribution in [-0.4, -0.2) is 46.8 Å². The van der Waals surface area contributed by atoms with E-state index < -0.39 is 17.6 Å². The van der Waals surface area contributed by atoms with Crippen LogP contribution >= 0.6 is 0 Å². The summed E-state index contributed by atoms with van der Waals surface area (Å²) in [5.41, 5.74) is 7.62. The molecule has 2 aliphatic rings. The molecule has 2 atom stereocenters. The first-order valence-corrected chi connectivity index (χ1v) is 11.0. The predicted molar refractivity (Wildman–Crippen MR) is 123 cm³/mol. The van der Waals surface area contributed by atoms with Crippen molar-refractivity contribution in [2.75, 3.05) is 23.9 Å². The number of primary amides is 1. The SMILES string of the molecule is COc1ccc2c(c1)CCN(c1cc3c(N[C@@H]4CCC[C@]4(C)F)c(C(N)=O)cnn3c1)C2=O. The average molecular weight is 452 g/mol. The zero-order valence-electron chi connectivity index (χ0n) is 18.6. The summed E-state index contributed by atoms with van der Waals surface area (Å²) in [7, 11) is 1.60. The molecule has 1 aliphatic heterocycles. The van der Waals surface area contributed by atoms with Crippen LogP contribution in [0.15, 0.2) is 36.7 Å². The second kappa shape index (κ2) is 7.75. The Hall–Kier alpha value is -3.62. The number of hydrogen-bond donors (Lipinski definition) is 2. The maximum Gasteiger partial charge on any atom is 0.258 e. The molecule has 1 aromatic carbocycles. The van der Waals surface area contributed by atoms with Gasteiger partial charge < -0.3 is 20.7 Å². The molecule has 8 nitrogen and oxygen atoms in total. The molecule has 3 N–H and O–H groups in total. The fraction of sp³-hybridized carbons (Fsp3) is 0.375. The number of amides is 2. The number of halogens is 1. The molecule has 0 spiro atoms. The average Bonchev–Trinajstić information content (AvgIpc) is 3.36. The predicted octanol–water partition coefficient (Wildman–Crippen LogP) is 3.34. The van der Waals surface area contributed by atoms with E-state index in [0.717, 1.165) is 17.7 Å². The number of anilines is 2. The van der Waals surface area contributed by atoms with Crippen molar-refractivity contribution in [1.29, 1.82) is 0 Å². The number of nitrogens with one attached hydrogen (secondary N) is 1. The highest BCUT2D eigenvalue weighted by molar-refractivity contribution is 6.09. The molecule has 0 unspecified atom stereocenters. The minimum absolute atomic E-state index is 0.119. The van der Waals surface area contributed by atoms with Crippen molar-refractivity contribution >= 4 is 28.7 Å². The number of carbonyl (C=O) groups excluding carboxylic acids is 2. The lowest BCUT2D eigenvalue weighted by Crippen LogP contribution is -2.37. The van der Waals surface area contributed by atoms with Crippen LogP contribution in [0.4, 0.5) is 15.8 Å². The van der Waals surface area contributed by atoms with Gasteiger partial charge in [-0.3, -0.25) is 9.59 Å². The van der Waals surface area contributed by atoms with Gasteiger partial charge in [0.25, 0.3) is 11.8 Å². The van der Waals surface area contributed by atoms with Crippen LogP contribution in [0.3, 0.4) is 0 Å². The quantitative estimate of drug-likeness (QED) is 0.620. The molecular formula is C24H26FN5O3. The Labute approximate surface area is 190 Å². The first kappa shape index (κ1) is 21.2. The third-order valence-corrected chi connectivity index (χ3v) is 6.80. The van der Waals surface area contributed by atoms with Gasteiger partial charge in [-0.25, -0.2) is 8.91 Å². The van der Waals surface area contributed by atoms with Crippen molar-refractivity contribution < 1.29 is 18.7 Å². The van der Waals surface area contributed by atoms with Gasteiger partial charge in [-0.15, -0.1) is 0 Å². The monoisotopic (exact) mass is 451 g/mol. The number of carbonyl (C=O) groups is 2. The number of rotatable bonds is 5. The van der Waals surface area contributed by atoms with Crippen molar-refractivity contribution in [3.8, 4) is 5.75 Å². The van der Waals surface area contributed by atoms with Gasteiger partial charge in [-0.05, 0) is 62.4 Å². The van der Waals surface area contributed by atoms with E-state index in [9.17, 15) is 14.0 Å². The minimum atomic E-state index is -1.39. The molecule has 1 aliphatic carbocycles. The fourth-order valence-electron chi connectivity index (χ4n) is 4.89. The summed E-state index contributed by atoms with van der Waals surface area (Å²) in [6.45, 7) is 2.06. The Morgan fingerprint density at radius 3 is 2.88 bits per heavy atom. The number of nitrogens with two attached hydrogens (primary N) is 1. The second-order valence-corrected chi connectivity index (χ2v) is 8.92. The lowest BCUT2D eigenvalue weighted by atomic mass is 9.98. The molecule has 2 amide bonds. The zero-order valence-corrected chi connectivity index (χ0v) is 18.6. The summed E-state index contributed by atoms with van der Waals surface area (Å²) in [6.07, 6.45) is 5.66. The largest absolute Gasteiger partial charge is 0.497 e. The summed E-state index contributed by atoms with van der Waals surface area (Å²) in [4.78, 5) is 27.0. The Bertz CT molecular complexity index is 1270. The van der Waals surface area contributed by atoms with Gasteiger partial charge in [0.1, 0.15) is 11.4 Å². The number of fused-ring (bicyclic) bond motifs is 2. The number of aromatic nitrogens is 2. The summed E-state index contributed by atoms with van der Waals surface area (Å²) in [6, 6.07) is 6.78. The van der Waals surface area contributed by atoms with Crippen molar-refractivity contribution in [2.45, 2.75) is 44.3 Å². The first-order valence-electron chi connectivity index (χ1n) is 11.0. The minimum Gasteiger partial charge on any atom is -0.497 e. The maximum atomic E-state index is 15.0. The van der Waals surface area contributed by atoms with Gasteiger partial charge in [-0.1, -0.05) is 0 Å². The first-order chi connectivity index (χ1) is 15.8. The number of benzene rings is 1. The third kappa shape index (κ3) is 3.57. The molecule has 5 rings (SSSR count). The summed E-state index contributed by atoms with van der Waals surface area (Å²) in [5, 5.41) is 7.53. The standard InChI is InChI=1S/C24H26FN5O3/c1-24(25)8-3-4-20(24)28-21-18(22(26)31)12-27-30-13-15(11-19(21)30)29-9-7-14-10-16(33-2)5-6-17(14)23(29)32/h5-6,10-13,20,28H,3-4,7-9H2,1-2H3,(H2,26,31)/t20-,24+/m1/s1. The maximum absolute atomic E-state index is 15.0. The summed E-state index contributed by atoms with van der Waals surface area (Å²) in [5.74, 6) is -0.0485. The number of methoxy groups -OCH3 is 1. The van der Waals surface area contributed by atoms with Crippen LogP contribution in [0.25, 0.3) is 5.52 Å². The van der Waals surface area contributed by atoms with E-state index in [1.165, 1.54) is 6.20 Å². The molecule has 1 saturated carbocycles. The topological polar surface area (TPSA) is 102 Å². The van der Waals surface area contributed by atoms with Crippen molar-refractivity contribution in [2.24, 2.45) is 5.73 Å². The Kier molecular flexibility index (Phi) is 4.99. The van der Waals surface area contributed by atoms with E-state index in [2.05, 4.69) is 10.4 Å². The van der Waals surface area contributed by atoms with Crippen LogP contribution in [0.1, 0.15) is 52.5 Å². The second-order valence-electron chi connectivity index (χ2n) is 8.92. The van der Waals surface area contributed by atoms with Gasteiger partial charge in [0, 0.05) is 12.1 Å². The number of hydrogen-bond acceptors (Lipinski definition) is 5. The molecule has 3 aromatic rings. The Morgan fingerprint density at radius 1 is 1.36 bits per heavy atom. The van der Waals surface area contributed by atoms with Gasteiger partial charge in [0.15, 0.2) is 0 Å². The lowest BCUT2D eigenvalue weighted by molar-refractivity contribution is 0.0977. The van der Waals surface area contributed by atoms with E-state index in [0.29, 0.717) is 48.3 Å². The smallest absolute Gasteiger partial charge is 0.258 e. The molecule has 1 fully saturated rings. The lowest BCUT2D eigenvalue weighted by Gasteiger charge is -2.27. The molecule has 0 radical (unpaired) electrons. The fourth-order valence-corrected chi connectivity index (χ4v) is 4.89. The van der Waals surface area contributed by atoms with E-state index in [1.807, 2.05) is 6.07 Å². The normalized spacial score (nSPS) is 22.5. The van der Waals surface area contributed by atoms with E-state index in [4.69, 9.17) is 10.5 Å². The highest BCUT2D eigenvalue weighted by Gasteiger charge is 2.40. The van der Waals surface area contributed by atoms with Crippen LogP contribution in [-0.2, 0) is 6.42 Å². The number of ether oxygens (including phenoxy) is 1.